The van der Waals surface area contributed by atoms with Crippen LogP contribution in [0, 0.1) is 5.82 Å². The fourth-order valence-corrected chi connectivity index (χ4v) is 2.40. The Morgan fingerprint density at radius 2 is 1.79 bits per heavy atom. The molecule has 0 heterocycles. The molecule has 0 aromatic heterocycles. The van der Waals surface area contributed by atoms with Gasteiger partial charge in [-0.1, -0.05) is 46.3 Å². The molecule has 1 atom stereocenters. The zero-order valence-corrected chi connectivity index (χ0v) is 11.8. The van der Waals surface area contributed by atoms with E-state index in [2.05, 4.69) is 15.9 Å². The fraction of sp³-hybridized carbons (Fsp3) is 0.200. The first-order valence-corrected chi connectivity index (χ1v) is 6.73. The van der Waals surface area contributed by atoms with Gasteiger partial charge in [0.1, 0.15) is 5.82 Å². The molecule has 0 saturated heterocycles. The summed E-state index contributed by atoms with van der Waals surface area (Å²) >= 11 is 3.31. The molecular weight excluding hydrogens is 312 g/mol. The maximum Gasteiger partial charge on any atom is 0.152 e. The summed E-state index contributed by atoms with van der Waals surface area (Å²) in [6.45, 7) is -0.153. The second-order valence-electron chi connectivity index (χ2n) is 4.45. The maximum atomic E-state index is 15.0. The van der Waals surface area contributed by atoms with Gasteiger partial charge >= 0.3 is 0 Å². The van der Waals surface area contributed by atoms with Gasteiger partial charge in [-0.15, -0.1) is 0 Å². The highest BCUT2D eigenvalue weighted by molar-refractivity contribution is 9.10. The SMILES string of the molecule is NCC(F)(Cc1cc(F)ccc1Br)c1ccccc1. The Morgan fingerprint density at radius 1 is 1.11 bits per heavy atom. The van der Waals surface area contributed by atoms with Gasteiger partial charge in [0.2, 0.25) is 0 Å². The van der Waals surface area contributed by atoms with Gasteiger partial charge in [0.05, 0.1) is 0 Å². The van der Waals surface area contributed by atoms with Crippen LogP contribution in [-0.4, -0.2) is 6.54 Å². The lowest BCUT2D eigenvalue weighted by molar-refractivity contribution is 0.175. The van der Waals surface area contributed by atoms with Crippen LogP contribution in [0.3, 0.4) is 0 Å². The summed E-state index contributed by atoms with van der Waals surface area (Å²) in [7, 11) is 0. The molecule has 0 bridgehead atoms. The average molecular weight is 326 g/mol. The highest BCUT2D eigenvalue weighted by atomic mass is 79.9. The van der Waals surface area contributed by atoms with E-state index in [1.54, 1.807) is 30.3 Å². The van der Waals surface area contributed by atoms with Crippen LogP contribution in [0.5, 0.6) is 0 Å². The van der Waals surface area contributed by atoms with E-state index in [0.29, 0.717) is 15.6 Å². The summed E-state index contributed by atoms with van der Waals surface area (Å²) in [6.07, 6.45) is 0.0336. The summed E-state index contributed by atoms with van der Waals surface area (Å²) in [5.41, 5.74) is 4.97. The number of benzene rings is 2. The molecule has 1 nitrogen and oxygen atoms in total. The molecule has 100 valence electrons. The van der Waals surface area contributed by atoms with E-state index in [0.717, 1.165) is 0 Å². The zero-order chi connectivity index (χ0) is 13.9. The van der Waals surface area contributed by atoms with Crippen molar-refractivity contribution >= 4 is 15.9 Å². The summed E-state index contributed by atoms with van der Waals surface area (Å²) in [5.74, 6) is -0.384. The first kappa shape index (κ1) is 14.2. The largest absolute Gasteiger partial charge is 0.327 e. The van der Waals surface area contributed by atoms with E-state index >= 15 is 0 Å². The molecule has 0 saturated carbocycles. The normalized spacial score (nSPS) is 14.1. The van der Waals surface area contributed by atoms with Crippen LogP contribution in [0.25, 0.3) is 0 Å². The quantitative estimate of drug-likeness (QED) is 0.904. The molecule has 1 unspecified atom stereocenters. The summed E-state index contributed by atoms with van der Waals surface area (Å²) in [5, 5.41) is 0. The van der Waals surface area contributed by atoms with Gasteiger partial charge in [-0.05, 0) is 29.3 Å². The standard InChI is InChI=1S/C15H14BrF2N/c16-14-7-6-13(17)8-11(14)9-15(18,10-19)12-4-2-1-3-5-12/h1-8H,9-10,19H2. The monoisotopic (exact) mass is 325 g/mol. The minimum absolute atomic E-state index is 0.0336. The van der Waals surface area contributed by atoms with Crippen molar-refractivity contribution in [2.24, 2.45) is 5.73 Å². The van der Waals surface area contributed by atoms with Gasteiger partial charge < -0.3 is 5.73 Å². The molecule has 0 aliphatic heterocycles. The molecule has 0 fully saturated rings. The minimum Gasteiger partial charge on any atom is -0.327 e. The molecule has 4 heteroatoms. The molecule has 0 radical (unpaired) electrons. The Hall–Kier alpha value is -1.26. The molecule has 2 aromatic rings. The smallest absolute Gasteiger partial charge is 0.152 e. The van der Waals surface area contributed by atoms with E-state index in [1.807, 2.05) is 6.07 Å². The van der Waals surface area contributed by atoms with Crippen molar-refractivity contribution in [2.75, 3.05) is 6.54 Å². The molecule has 2 rings (SSSR count). The lowest BCUT2D eigenvalue weighted by Crippen LogP contribution is -2.32. The van der Waals surface area contributed by atoms with E-state index in [1.165, 1.54) is 12.1 Å². The second-order valence-corrected chi connectivity index (χ2v) is 5.30. The number of hydrogen-bond donors (Lipinski definition) is 1. The lowest BCUT2D eigenvalue weighted by atomic mass is 9.89. The van der Waals surface area contributed by atoms with Gasteiger partial charge in [-0.3, -0.25) is 0 Å². The van der Waals surface area contributed by atoms with Crippen LogP contribution < -0.4 is 5.73 Å². The molecular formula is C15H14BrF2N. The summed E-state index contributed by atoms with van der Waals surface area (Å²) in [6, 6.07) is 13.0. The average Bonchev–Trinajstić information content (AvgIpc) is 2.44. The lowest BCUT2D eigenvalue weighted by Gasteiger charge is -2.25. The first-order chi connectivity index (χ1) is 9.05. The van der Waals surface area contributed by atoms with Crippen LogP contribution in [0.4, 0.5) is 8.78 Å². The van der Waals surface area contributed by atoms with Gasteiger partial charge in [0, 0.05) is 17.4 Å². The molecule has 2 N–H and O–H groups in total. The Bertz CT molecular complexity index is 559. The van der Waals surface area contributed by atoms with E-state index < -0.39 is 5.67 Å². The number of rotatable bonds is 4. The molecule has 0 amide bonds. The fourth-order valence-electron chi connectivity index (χ4n) is 2.01. The van der Waals surface area contributed by atoms with Crippen LogP contribution in [0.2, 0.25) is 0 Å². The van der Waals surface area contributed by atoms with Gasteiger partial charge in [0.15, 0.2) is 5.67 Å². The predicted octanol–water partition coefficient (Wildman–Crippen LogP) is 3.95. The topological polar surface area (TPSA) is 26.0 Å². The van der Waals surface area contributed by atoms with Gasteiger partial charge in [-0.2, -0.15) is 0 Å². The van der Waals surface area contributed by atoms with Crippen LogP contribution in [0.15, 0.2) is 53.0 Å². The van der Waals surface area contributed by atoms with Crippen molar-refractivity contribution < 1.29 is 8.78 Å². The Morgan fingerprint density at radius 3 is 2.42 bits per heavy atom. The third-order valence-electron chi connectivity index (χ3n) is 3.09. The molecule has 0 aliphatic rings. The van der Waals surface area contributed by atoms with Crippen molar-refractivity contribution in [2.45, 2.75) is 12.1 Å². The van der Waals surface area contributed by atoms with E-state index in [-0.39, 0.29) is 18.8 Å². The summed E-state index contributed by atoms with van der Waals surface area (Å²) in [4.78, 5) is 0. The third kappa shape index (κ3) is 3.19. The highest BCUT2D eigenvalue weighted by Gasteiger charge is 2.31. The van der Waals surface area contributed by atoms with E-state index in [4.69, 9.17) is 5.73 Å². The highest BCUT2D eigenvalue weighted by Crippen LogP contribution is 2.32. The van der Waals surface area contributed by atoms with Crippen molar-refractivity contribution in [3.05, 3.63) is 69.9 Å². The number of halogens is 3. The zero-order valence-electron chi connectivity index (χ0n) is 10.2. The Kier molecular flexibility index (Phi) is 4.32. The van der Waals surface area contributed by atoms with Gasteiger partial charge in [0.25, 0.3) is 0 Å². The van der Waals surface area contributed by atoms with E-state index in [9.17, 15) is 8.78 Å². The van der Waals surface area contributed by atoms with Crippen molar-refractivity contribution in [3.63, 3.8) is 0 Å². The number of nitrogens with two attached hydrogens (primary N) is 1. The minimum atomic E-state index is -1.70. The Labute approximate surface area is 119 Å². The number of alkyl halides is 1. The van der Waals surface area contributed by atoms with Crippen molar-refractivity contribution in [1.82, 2.24) is 0 Å². The maximum absolute atomic E-state index is 15.0. The molecule has 0 aliphatic carbocycles. The van der Waals surface area contributed by atoms with Gasteiger partial charge in [-0.25, -0.2) is 8.78 Å². The van der Waals surface area contributed by atoms with Crippen molar-refractivity contribution in [3.8, 4) is 0 Å². The molecule has 0 spiro atoms. The Balaban J connectivity index is 2.36. The van der Waals surface area contributed by atoms with Crippen LogP contribution in [-0.2, 0) is 12.1 Å². The number of hydrogen-bond acceptors (Lipinski definition) is 1. The third-order valence-corrected chi connectivity index (χ3v) is 3.87. The molecule has 2 aromatic carbocycles. The first-order valence-electron chi connectivity index (χ1n) is 5.93. The van der Waals surface area contributed by atoms with Crippen LogP contribution in [0.1, 0.15) is 11.1 Å². The summed E-state index contributed by atoms with van der Waals surface area (Å²) < 4.78 is 28.9. The molecule has 19 heavy (non-hydrogen) atoms. The van der Waals surface area contributed by atoms with Crippen LogP contribution >= 0.6 is 15.9 Å². The predicted molar refractivity (Wildman–Crippen MR) is 76.1 cm³/mol. The second kappa shape index (κ2) is 5.80. The van der Waals surface area contributed by atoms with Crippen molar-refractivity contribution in [1.29, 1.82) is 0 Å².